The van der Waals surface area contributed by atoms with Crippen molar-refractivity contribution in [3.63, 3.8) is 0 Å². The van der Waals surface area contributed by atoms with Crippen LogP contribution in [0.4, 0.5) is 0 Å². The Bertz CT molecular complexity index is 412. The fraction of sp³-hybridized carbons (Fsp3) is 0.667. The molecule has 1 saturated carbocycles. The molecule has 0 radical (unpaired) electrons. The highest BCUT2D eigenvalue weighted by atomic mass is 16.5. The van der Waals surface area contributed by atoms with Crippen molar-refractivity contribution in [3.05, 3.63) is 35.4 Å². The molecule has 1 aromatic rings. The summed E-state index contributed by atoms with van der Waals surface area (Å²) < 4.78 is 6.03. The van der Waals surface area contributed by atoms with E-state index in [1.165, 1.54) is 30.4 Å². The van der Waals surface area contributed by atoms with Crippen molar-refractivity contribution < 1.29 is 4.74 Å². The van der Waals surface area contributed by atoms with E-state index in [0.717, 1.165) is 12.5 Å². The molecule has 0 aliphatic heterocycles. The van der Waals surface area contributed by atoms with Crippen LogP contribution >= 0.6 is 0 Å². The summed E-state index contributed by atoms with van der Waals surface area (Å²) in [4.78, 5) is 0. The van der Waals surface area contributed by atoms with Crippen LogP contribution in [0.3, 0.4) is 0 Å². The molecule has 2 nitrogen and oxygen atoms in total. The summed E-state index contributed by atoms with van der Waals surface area (Å²) >= 11 is 0. The summed E-state index contributed by atoms with van der Waals surface area (Å²) in [5, 5.41) is 3.50. The summed E-state index contributed by atoms with van der Waals surface area (Å²) in [5.41, 5.74) is 2.97. The summed E-state index contributed by atoms with van der Waals surface area (Å²) in [6.45, 7) is 7.35. The number of hydrogen-bond acceptors (Lipinski definition) is 2. The van der Waals surface area contributed by atoms with Crippen molar-refractivity contribution in [2.45, 2.75) is 58.1 Å². The van der Waals surface area contributed by atoms with Crippen molar-refractivity contribution in [2.75, 3.05) is 13.7 Å². The molecular formula is C18H29NO. The summed E-state index contributed by atoms with van der Waals surface area (Å²) in [6, 6.07) is 9.21. The van der Waals surface area contributed by atoms with Gasteiger partial charge in [-0.2, -0.15) is 0 Å². The smallest absolute Gasteiger partial charge is 0.0792 e. The van der Waals surface area contributed by atoms with E-state index < -0.39 is 0 Å². The molecule has 0 spiro atoms. The molecule has 20 heavy (non-hydrogen) atoms. The van der Waals surface area contributed by atoms with Crippen LogP contribution < -0.4 is 5.32 Å². The van der Waals surface area contributed by atoms with Crippen LogP contribution in [0.25, 0.3) is 0 Å². The highest BCUT2D eigenvalue weighted by molar-refractivity contribution is 5.35. The zero-order valence-corrected chi connectivity index (χ0v) is 13.4. The number of nitrogens with one attached hydrogen (secondary N) is 1. The van der Waals surface area contributed by atoms with Gasteiger partial charge < -0.3 is 10.1 Å². The normalized spacial score (nSPS) is 18.9. The average Bonchev–Trinajstić information content (AvgIpc) is 2.38. The van der Waals surface area contributed by atoms with Gasteiger partial charge in [0.2, 0.25) is 0 Å². The van der Waals surface area contributed by atoms with Gasteiger partial charge in [0.25, 0.3) is 0 Å². The van der Waals surface area contributed by atoms with Gasteiger partial charge in [0, 0.05) is 6.61 Å². The quantitative estimate of drug-likeness (QED) is 0.802. The topological polar surface area (TPSA) is 21.3 Å². The molecular weight excluding hydrogens is 246 g/mol. The van der Waals surface area contributed by atoms with E-state index in [2.05, 4.69) is 57.4 Å². The first-order chi connectivity index (χ1) is 9.69. The summed E-state index contributed by atoms with van der Waals surface area (Å²) in [5.74, 6) is 1.26. The van der Waals surface area contributed by atoms with E-state index in [1.807, 2.05) is 0 Å². The van der Waals surface area contributed by atoms with E-state index in [-0.39, 0.29) is 12.1 Å². The van der Waals surface area contributed by atoms with Gasteiger partial charge >= 0.3 is 0 Å². The van der Waals surface area contributed by atoms with Crippen molar-refractivity contribution in [1.82, 2.24) is 5.32 Å². The van der Waals surface area contributed by atoms with E-state index >= 15 is 0 Å². The Morgan fingerprint density at radius 3 is 2.45 bits per heavy atom. The Balaban J connectivity index is 2.30. The van der Waals surface area contributed by atoms with Crippen LogP contribution in [0.5, 0.6) is 0 Å². The zero-order chi connectivity index (χ0) is 14.5. The highest BCUT2D eigenvalue weighted by Crippen LogP contribution is 2.40. The van der Waals surface area contributed by atoms with Crippen LogP contribution in [-0.4, -0.2) is 19.8 Å². The summed E-state index contributed by atoms with van der Waals surface area (Å²) in [7, 11) is 2.05. The third kappa shape index (κ3) is 3.24. The lowest BCUT2D eigenvalue weighted by molar-refractivity contribution is 0.00425. The Labute approximate surface area is 123 Å². The number of benzene rings is 1. The van der Waals surface area contributed by atoms with Gasteiger partial charge in [-0.05, 0) is 49.8 Å². The van der Waals surface area contributed by atoms with Crippen LogP contribution in [0.15, 0.2) is 24.3 Å². The van der Waals surface area contributed by atoms with Crippen molar-refractivity contribution in [3.8, 4) is 0 Å². The van der Waals surface area contributed by atoms with Crippen molar-refractivity contribution >= 4 is 0 Å². The van der Waals surface area contributed by atoms with Crippen LogP contribution in [0, 0.1) is 5.92 Å². The SMILES string of the molecule is CCOC(C(C)C)C(NC)c1ccccc1C1CCC1. The molecule has 0 bridgehead atoms. The van der Waals surface area contributed by atoms with Crippen LogP contribution in [0.2, 0.25) is 0 Å². The number of hydrogen-bond donors (Lipinski definition) is 1. The molecule has 1 aliphatic rings. The minimum absolute atomic E-state index is 0.228. The second-order valence-corrected chi connectivity index (χ2v) is 6.19. The van der Waals surface area contributed by atoms with E-state index in [1.54, 1.807) is 0 Å². The average molecular weight is 275 g/mol. The third-order valence-electron chi connectivity index (χ3n) is 4.53. The highest BCUT2D eigenvalue weighted by Gasteiger charge is 2.30. The van der Waals surface area contributed by atoms with Crippen LogP contribution in [0.1, 0.15) is 63.1 Å². The number of likely N-dealkylation sites (N-methyl/N-ethyl adjacent to an activating group) is 1. The fourth-order valence-corrected chi connectivity index (χ4v) is 3.25. The minimum Gasteiger partial charge on any atom is -0.376 e. The first-order valence-corrected chi connectivity index (χ1v) is 8.06. The number of rotatable bonds is 7. The lowest BCUT2D eigenvalue weighted by atomic mass is 9.76. The molecule has 112 valence electrons. The Morgan fingerprint density at radius 2 is 1.95 bits per heavy atom. The van der Waals surface area contributed by atoms with Gasteiger partial charge in [0.15, 0.2) is 0 Å². The molecule has 1 fully saturated rings. The van der Waals surface area contributed by atoms with Gasteiger partial charge in [-0.3, -0.25) is 0 Å². The summed E-state index contributed by atoms with van der Waals surface area (Å²) in [6.07, 6.45) is 4.29. The van der Waals surface area contributed by atoms with Gasteiger partial charge in [-0.25, -0.2) is 0 Å². The second kappa shape index (κ2) is 7.24. The first-order valence-electron chi connectivity index (χ1n) is 8.06. The Kier molecular flexibility index (Phi) is 5.62. The largest absolute Gasteiger partial charge is 0.376 e. The van der Waals surface area contributed by atoms with Crippen molar-refractivity contribution in [2.24, 2.45) is 5.92 Å². The van der Waals surface area contributed by atoms with Gasteiger partial charge in [-0.15, -0.1) is 0 Å². The van der Waals surface area contributed by atoms with E-state index in [0.29, 0.717) is 5.92 Å². The maximum absolute atomic E-state index is 6.03. The van der Waals surface area contributed by atoms with Crippen LogP contribution in [-0.2, 0) is 4.74 Å². The minimum atomic E-state index is 0.228. The monoisotopic (exact) mass is 275 g/mol. The van der Waals surface area contributed by atoms with Gasteiger partial charge in [0.1, 0.15) is 0 Å². The lowest BCUT2D eigenvalue weighted by Crippen LogP contribution is -2.36. The molecule has 2 unspecified atom stereocenters. The molecule has 2 heteroatoms. The third-order valence-corrected chi connectivity index (χ3v) is 4.53. The molecule has 1 N–H and O–H groups in total. The Hall–Kier alpha value is -0.860. The number of ether oxygens (including phenoxy) is 1. The van der Waals surface area contributed by atoms with Crippen molar-refractivity contribution in [1.29, 1.82) is 0 Å². The van der Waals surface area contributed by atoms with Gasteiger partial charge in [0.05, 0.1) is 12.1 Å². The second-order valence-electron chi connectivity index (χ2n) is 6.19. The molecule has 0 amide bonds. The predicted octanol–water partition coefficient (Wildman–Crippen LogP) is 4.28. The standard InChI is InChI=1S/C18H29NO/c1-5-20-18(13(2)3)17(19-4)16-12-7-6-11-15(16)14-9-8-10-14/h6-7,11-14,17-19H,5,8-10H2,1-4H3. The van der Waals surface area contributed by atoms with Gasteiger partial charge in [-0.1, -0.05) is 44.5 Å². The molecule has 0 heterocycles. The predicted molar refractivity (Wildman–Crippen MR) is 85.1 cm³/mol. The van der Waals surface area contributed by atoms with E-state index in [9.17, 15) is 0 Å². The maximum Gasteiger partial charge on any atom is 0.0792 e. The Morgan fingerprint density at radius 1 is 1.25 bits per heavy atom. The molecule has 0 aromatic heterocycles. The first kappa shape index (κ1) is 15.5. The molecule has 0 saturated heterocycles. The molecule has 2 rings (SSSR count). The fourth-order valence-electron chi connectivity index (χ4n) is 3.25. The lowest BCUT2D eigenvalue weighted by Gasteiger charge is -2.35. The molecule has 2 atom stereocenters. The maximum atomic E-state index is 6.03. The van der Waals surface area contributed by atoms with E-state index in [4.69, 9.17) is 4.74 Å². The molecule has 1 aromatic carbocycles. The zero-order valence-electron chi connectivity index (χ0n) is 13.4. The molecule has 1 aliphatic carbocycles.